The number of nitrogens with one attached hydrogen (secondary N) is 2. The number of rotatable bonds is 8. The topological polar surface area (TPSA) is 85.6 Å². The van der Waals surface area contributed by atoms with Crippen molar-refractivity contribution in [1.82, 2.24) is 10.3 Å². The van der Waals surface area contributed by atoms with Gasteiger partial charge >= 0.3 is 0 Å². The molecule has 0 aliphatic heterocycles. The van der Waals surface area contributed by atoms with Gasteiger partial charge in [-0.05, 0) is 79.3 Å². The Bertz CT molecular complexity index is 1300. The van der Waals surface area contributed by atoms with Gasteiger partial charge in [-0.3, -0.25) is 10.1 Å². The largest absolute Gasteiger partial charge is 0.497 e. The van der Waals surface area contributed by atoms with Crippen LogP contribution in [0.3, 0.4) is 0 Å². The first-order valence-corrected chi connectivity index (χ1v) is 11.4. The fourth-order valence-corrected chi connectivity index (χ4v) is 3.47. The zero-order valence-corrected chi connectivity index (χ0v) is 19.8. The van der Waals surface area contributed by atoms with Gasteiger partial charge in [0.1, 0.15) is 17.0 Å². The molecule has 34 heavy (non-hydrogen) atoms. The summed E-state index contributed by atoms with van der Waals surface area (Å²) in [6.07, 6.45) is 2.00. The lowest BCUT2D eigenvalue weighted by atomic mass is 10.2. The van der Waals surface area contributed by atoms with Crippen molar-refractivity contribution in [2.24, 2.45) is 0 Å². The number of aromatic nitrogens is 1. The maximum Gasteiger partial charge on any atom is 0.257 e. The van der Waals surface area contributed by atoms with Crippen LogP contribution in [0.5, 0.6) is 11.5 Å². The molecule has 0 aliphatic rings. The lowest BCUT2D eigenvalue weighted by molar-refractivity contribution is 0.0977. The van der Waals surface area contributed by atoms with E-state index in [-0.39, 0.29) is 11.0 Å². The van der Waals surface area contributed by atoms with Crippen LogP contribution in [-0.2, 0) is 0 Å². The molecule has 0 radical (unpaired) electrons. The summed E-state index contributed by atoms with van der Waals surface area (Å²) in [6, 6.07) is 19.9. The molecule has 2 N–H and O–H groups in total. The summed E-state index contributed by atoms with van der Waals surface area (Å²) >= 11 is 5.33. The van der Waals surface area contributed by atoms with Gasteiger partial charge in [-0.1, -0.05) is 19.4 Å². The van der Waals surface area contributed by atoms with Crippen molar-refractivity contribution in [2.75, 3.05) is 19.0 Å². The average molecular weight is 476 g/mol. The molecular formula is C26H25N3O4S. The van der Waals surface area contributed by atoms with Gasteiger partial charge in [0.15, 0.2) is 10.7 Å². The Morgan fingerprint density at radius 2 is 1.88 bits per heavy atom. The van der Waals surface area contributed by atoms with Gasteiger partial charge in [-0.15, -0.1) is 0 Å². The van der Waals surface area contributed by atoms with Crippen LogP contribution in [0.15, 0.2) is 71.1 Å². The summed E-state index contributed by atoms with van der Waals surface area (Å²) in [5.41, 5.74) is 3.31. The molecule has 0 saturated carbocycles. The van der Waals surface area contributed by atoms with Gasteiger partial charge in [-0.2, -0.15) is 0 Å². The van der Waals surface area contributed by atoms with Crippen molar-refractivity contribution in [3.05, 3.63) is 72.3 Å². The molecule has 8 heteroatoms. The fourth-order valence-electron chi connectivity index (χ4n) is 3.26. The summed E-state index contributed by atoms with van der Waals surface area (Å²) in [5, 5.41) is 5.91. The second-order valence-corrected chi connectivity index (χ2v) is 7.98. The van der Waals surface area contributed by atoms with E-state index in [1.165, 1.54) is 0 Å². The number of benzene rings is 3. The number of carbonyl (C=O) groups excluding carboxylic acids is 1. The minimum Gasteiger partial charge on any atom is -0.497 e. The molecule has 0 unspecified atom stereocenters. The van der Waals surface area contributed by atoms with Crippen LogP contribution in [0.1, 0.15) is 30.1 Å². The van der Waals surface area contributed by atoms with Crippen molar-refractivity contribution in [3.8, 4) is 23.0 Å². The van der Waals surface area contributed by atoms with Crippen LogP contribution in [0, 0.1) is 0 Å². The molecular weight excluding hydrogens is 450 g/mol. The predicted octanol–water partition coefficient (Wildman–Crippen LogP) is 5.81. The van der Waals surface area contributed by atoms with Crippen LogP contribution >= 0.6 is 12.2 Å². The summed E-state index contributed by atoms with van der Waals surface area (Å²) in [4.78, 5) is 17.2. The van der Waals surface area contributed by atoms with Gasteiger partial charge in [0.2, 0.25) is 5.89 Å². The van der Waals surface area contributed by atoms with Crippen molar-refractivity contribution in [1.29, 1.82) is 0 Å². The van der Waals surface area contributed by atoms with Crippen molar-refractivity contribution in [3.63, 3.8) is 0 Å². The van der Waals surface area contributed by atoms with E-state index < -0.39 is 0 Å². The Labute approximate surface area is 203 Å². The molecule has 174 valence electrons. The van der Waals surface area contributed by atoms with Gasteiger partial charge in [0.25, 0.3) is 5.91 Å². The van der Waals surface area contributed by atoms with E-state index >= 15 is 0 Å². The van der Waals surface area contributed by atoms with Crippen molar-refractivity contribution < 1.29 is 18.7 Å². The highest BCUT2D eigenvalue weighted by Gasteiger charge is 2.12. The van der Waals surface area contributed by atoms with Crippen molar-refractivity contribution >= 4 is 40.0 Å². The maximum absolute atomic E-state index is 12.6. The standard InChI is InChI=1S/C26H25N3O4S/c1-3-4-14-32-21-7-5-6-18(15-21)24(30)29-26(34)27-19-10-13-23-22(16-19)28-25(33-23)17-8-11-20(31-2)12-9-17/h5-13,15-16H,3-4,14H2,1-2H3,(H2,27,29,30,34). The molecule has 1 aromatic heterocycles. The highest BCUT2D eigenvalue weighted by Crippen LogP contribution is 2.27. The highest BCUT2D eigenvalue weighted by atomic mass is 32.1. The van der Waals surface area contributed by atoms with Gasteiger partial charge in [-0.25, -0.2) is 4.98 Å². The van der Waals surface area contributed by atoms with E-state index in [0.717, 1.165) is 24.2 Å². The third-order valence-corrected chi connectivity index (χ3v) is 5.28. The number of methoxy groups -OCH3 is 1. The Morgan fingerprint density at radius 1 is 1.06 bits per heavy atom. The first kappa shape index (κ1) is 23.3. The summed E-state index contributed by atoms with van der Waals surface area (Å²) in [5.74, 6) is 1.61. The summed E-state index contributed by atoms with van der Waals surface area (Å²) in [6.45, 7) is 2.72. The number of oxazole rings is 1. The normalized spacial score (nSPS) is 10.6. The van der Waals surface area contributed by atoms with Crippen LogP contribution in [0.25, 0.3) is 22.6 Å². The number of nitrogens with zero attached hydrogens (tertiary/aromatic N) is 1. The third-order valence-electron chi connectivity index (χ3n) is 5.07. The van der Waals surface area contributed by atoms with Crippen LogP contribution in [0.2, 0.25) is 0 Å². The van der Waals surface area contributed by atoms with Gasteiger partial charge in [0, 0.05) is 16.8 Å². The van der Waals surface area contributed by atoms with Gasteiger partial charge < -0.3 is 19.2 Å². The van der Waals surface area contributed by atoms with E-state index in [9.17, 15) is 4.79 Å². The Kier molecular flexibility index (Phi) is 7.39. The zero-order chi connectivity index (χ0) is 23.9. The van der Waals surface area contributed by atoms with E-state index in [4.69, 9.17) is 26.1 Å². The number of hydrogen-bond acceptors (Lipinski definition) is 6. The molecule has 1 heterocycles. The SMILES string of the molecule is CCCCOc1cccc(C(=O)NC(=S)Nc2ccc3oc(-c4ccc(OC)cc4)nc3c2)c1. The highest BCUT2D eigenvalue weighted by molar-refractivity contribution is 7.80. The van der Waals surface area contributed by atoms with Crippen LogP contribution in [-0.4, -0.2) is 29.7 Å². The number of unbranched alkanes of at least 4 members (excludes halogenated alkanes) is 1. The van der Waals surface area contributed by atoms with E-state index in [1.807, 2.05) is 42.5 Å². The number of carbonyl (C=O) groups is 1. The number of thiocarbonyl (C=S) groups is 1. The first-order valence-electron chi connectivity index (χ1n) is 11.0. The molecule has 7 nitrogen and oxygen atoms in total. The molecule has 0 atom stereocenters. The number of anilines is 1. The maximum atomic E-state index is 12.6. The number of hydrogen-bond donors (Lipinski definition) is 2. The smallest absolute Gasteiger partial charge is 0.257 e. The van der Waals surface area contributed by atoms with Gasteiger partial charge in [0.05, 0.1) is 13.7 Å². The Morgan fingerprint density at radius 3 is 2.65 bits per heavy atom. The molecule has 0 fully saturated rings. The lowest BCUT2D eigenvalue weighted by Crippen LogP contribution is -2.34. The third kappa shape index (κ3) is 5.71. The first-order chi connectivity index (χ1) is 16.6. The molecule has 3 aromatic carbocycles. The second-order valence-electron chi connectivity index (χ2n) is 7.57. The minimum atomic E-state index is -0.317. The van der Waals surface area contributed by atoms with E-state index in [1.54, 1.807) is 31.4 Å². The average Bonchev–Trinajstić information content (AvgIpc) is 3.28. The molecule has 4 rings (SSSR count). The lowest BCUT2D eigenvalue weighted by Gasteiger charge is -2.10. The number of ether oxygens (including phenoxy) is 2. The molecule has 0 aliphatic carbocycles. The number of fused-ring (bicyclic) bond motifs is 1. The zero-order valence-electron chi connectivity index (χ0n) is 19.0. The van der Waals surface area contributed by atoms with E-state index in [0.29, 0.717) is 40.6 Å². The predicted molar refractivity (Wildman–Crippen MR) is 137 cm³/mol. The van der Waals surface area contributed by atoms with Crippen LogP contribution < -0.4 is 20.1 Å². The number of amides is 1. The Hall–Kier alpha value is -3.91. The Balaban J connectivity index is 1.40. The summed E-state index contributed by atoms with van der Waals surface area (Å²) < 4.78 is 16.7. The molecule has 0 bridgehead atoms. The molecule has 0 spiro atoms. The molecule has 0 saturated heterocycles. The van der Waals surface area contributed by atoms with Crippen molar-refractivity contribution in [2.45, 2.75) is 19.8 Å². The monoisotopic (exact) mass is 475 g/mol. The second kappa shape index (κ2) is 10.8. The quantitative estimate of drug-likeness (QED) is 0.246. The van der Waals surface area contributed by atoms with E-state index in [2.05, 4.69) is 22.5 Å². The minimum absolute atomic E-state index is 0.181. The van der Waals surface area contributed by atoms with Crippen LogP contribution in [0.4, 0.5) is 5.69 Å². The molecule has 1 amide bonds. The molecule has 4 aromatic rings. The fraction of sp³-hybridized carbons (Fsp3) is 0.192. The summed E-state index contributed by atoms with van der Waals surface area (Å²) in [7, 11) is 1.62.